The Morgan fingerprint density at radius 1 is 1.17 bits per heavy atom. The van der Waals surface area contributed by atoms with Crippen LogP contribution in [0.25, 0.3) is 0 Å². The molecule has 0 aromatic heterocycles. The van der Waals surface area contributed by atoms with E-state index >= 15 is 0 Å². The van der Waals surface area contributed by atoms with Gasteiger partial charge in [-0.3, -0.25) is 0 Å². The largest absolute Gasteiger partial charge is 0.496 e. The van der Waals surface area contributed by atoms with Crippen LogP contribution in [0.2, 0.25) is 0 Å². The molecule has 18 heavy (non-hydrogen) atoms. The smallest absolute Gasteiger partial charge is 0.126 e. The van der Waals surface area contributed by atoms with E-state index < -0.39 is 0 Å². The van der Waals surface area contributed by atoms with E-state index in [1.165, 1.54) is 5.75 Å². The lowest BCUT2D eigenvalue weighted by Crippen LogP contribution is -2.41. The molecule has 5 heteroatoms. The summed E-state index contributed by atoms with van der Waals surface area (Å²) in [6.45, 7) is 1.73. The van der Waals surface area contributed by atoms with Gasteiger partial charge in [-0.1, -0.05) is 0 Å². The van der Waals surface area contributed by atoms with Gasteiger partial charge < -0.3 is 19.5 Å². The van der Waals surface area contributed by atoms with E-state index in [-0.39, 0.29) is 0 Å². The molecule has 100 valence electrons. The summed E-state index contributed by atoms with van der Waals surface area (Å²) in [6.07, 6.45) is 0. The number of benzene rings is 1. The first-order chi connectivity index (χ1) is 8.81. The topological polar surface area (TPSA) is 39.7 Å². The second kappa shape index (κ2) is 6.75. The number of hydrogen-bond acceptors (Lipinski definition) is 5. The standard InChI is InChI=1S/C13H19NO3S/c1-15-11-5-12(16-2)7-13(6-11)17-8-10-9-18-4-3-14-10/h5-7,10,14H,3-4,8-9H2,1-2H3. The molecule has 2 rings (SSSR count). The fourth-order valence-corrected chi connectivity index (χ4v) is 2.72. The highest BCUT2D eigenvalue weighted by molar-refractivity contribution is 7.99. The number of rotatable bonds is 5. The molecule has 0 amide bonds. The van der Waals surface area contributed by atoms with E-state index in [2.05, 4.69) is 5.32 Å². The Kier molecular flexibility index (Phi) is 5.01. The van der Waals surface area contributed by atoms with Gasteiger partial charge in [0, 0.05) is 36.2 Å². The summed E-state index contributed by atoms with van der Waals surface area (Å²) in [5.74, 6) is 4.55. The minimum atomic E-state index is 0.418. The van der Waals surface area contributed by atoms with Crippen LogP contribution < -0.4 is 19.5 Å². The Morgan fingerprint density at radius 2 is 1.83 bits per heavy atom. The second-order valence-electron chi connectivity index (χ2n) is 4.09. The van der Waals surface area contributed by atoms with Crippen LogP contribution in [0, 0.1) is 0 Å². The van der Waals surface area contributed by atoms with E-state index in [0.717, 1.165) is 29.5 Å². The lowest BCUT2D eigenvalue weighted by Gasteiger charge is -2.23. The highest BCUT2D eigenvalue weighted by Gasteiger charge is 2.13. The number of methoxy groups -OCH3 is 2. The fraction of sp³-hybridized carbons (Fsp3) is 0.538. The average Bonchev–Trinajstić information content (AvgIpc) is 2.45. The van der Waals surface area contributed by atoms with Crippen LogP contribution in [0.1, 0.15) is 0 Å². The van der Waals surface area contributed by atoms with Crippen molar-refractivity contribution in [3.05, 3.63) is 18.2 Å². The number of hydrogen-bond donors (Lipinski definition) is 1. The SMILES string of the molecule is COc1cc(OC)cc(OCC2CSCCN2)c1. The van der Waals surface area contributed by atoms with Gasteiger partial charge in [-0.2, -0.15) is 11.8 Å². The van der Waals surface area contributed by atoms with Crippen molar-refractivity contribution in [3.63, 3.8) is 0 Å². The minimum absolute atomic E-state index is 0.418. The molecule has 1 atom stereocenters. The van der Waals surface area contributed by atoms with Gasteiger partial charge in [0.15, 0.2) is 0 Å². The van der Waals surface area contributed by atoms with Gasteiger partial charge >= 0.3 is 0 Å². The fourth-order valence-electron chi connectivity index (χ4n) is 1.79. The highest BCUT2D eigenvalue weighted by Crippen LogP contribution is 2.27. The van der Waals surface area contributed by atoms with Crippen molar-refractivity contribution in [3.8, 4) is 17.2 Å². The van der Waals surface area contributed by atoms with Crippen LogP contribution in [-0.2, 0) is 0 Å². The van der Waals surface area contributed by atoms with Crippen molar-refractivity contribution < 1.29 is 14.2 Å². The third kappa shape index (κ3) is 3.71. The Morgan fingerprint density at radius 3 is 2.39 bits per heavy atom. The molecule has 1 aromatic carbocycles. The molecule has 0 bridgehead atoms. The molecule has 1 aromatic rings. The van der Waals surface area contributed by atoms with E-state index in [0.29, 0.717) is 12.6 Å². The molecule has 0 radical (unpaired) electrons. The first kappa shape index (κ1) is 13.4. The van der Waals surface area contributed by atoms with Gasteiger partial charge in [0.2, 0.25) is 0 Å². The zero-order valence-electron chi connectivity index (χ0n) is 10.8. The van der Waals surface area contributed by atoms with Crippen molar-refractivity contribution in [2.24, 2.45) is 0 Å². The van der Waals surface area contributed by atoms with Crippen LogP contribution in [0.3, 0.4) is 0 Å². The van der Waals surface area contributed by atoms with Crippen molar-refractivity contribution in [2.75, 3.05) is 38.9 Å². The molecule has 0 saturated carbocycles. The maximum atomic E-state index is 5.79. The number of thioether (sulfide) groups is 1. The molecule has 1 N–H and O–H groups in total. The van der Waals surface area contributed by atoms with E-state index in [1.54, 1.807) is 14.2 Å². The molecule has 0 spiro atoms. The van der Waals surface area contributed by atoms with Gasteiger partial charge in [0.05, 0.1) is 20.3 Å². The third-order valence-electron chi connectivity index (χ3n) is 2.77. The monoisotopic (exact) mass is 269 g/mol. The number of ether oxygens (including phenoxy) is 3. The summed E-state index contributed by atoms with van der Waals surface area (Å²) in [5, 5.41) is 3.44. The third-order valence-corrected chi connectivity index (χ3v) is 3.91. The molecule has 1 aliphatic heterocycles. The van der Waals surface area contributed by atoms with E-state index in [9.17, 15) is 0 Å². The van der Waals surface area contributed by atoms with Gasteiger partial charge in [0.25, 0.3) is 0 Å². The first-order valence-corrected chi connectivity index (χ1v) is 7.14. The predicted molar refractivity (Wildman–Crippen MR) is 74.2 cm³/mol. The van der Waals surface area contributed by atoms with Crippen LogP contribution in [0.5, 0.6) is 17.2 Å². The predicted octanol–water partition coefficient (Wildman–Crippen LogP) is 1.79. The lowest BCUT2D eigenvalue weighted by atomic mass is 10.3. The summed E-state index contributed by atoms with van der Waals surface area (Å²) in [7, 11) is 3.27. The summed E-state index contributed by atoms with van der Waals surface area (Å²) >= 11 is 1.96. The van der Waals surface area contributed by atoms with E-state index in [4.69, 9.17) is 14.2 Å². The summed E-state index contributed by atoms with van der Waals surface area (Å²) in [4.78, 5) is 0. The van der Waals surface area contributed by atoms with Crippen LogP contribution >= 0.6 is 11.8 Å². The Balaban J connectivity index is 1.94. The molecule has 1 saturated heterocycles. The van der Waals surface area contributed by atoms with Gasteiger partial charge in [-0.15, -0.1) is 0 Å². The molecular formula is C13H19NO3S. The maximum absolute atomic E-state index is 5.79. The summed E-state index contributed by atoms with van der Waals surface area (Å²) in [5.41, 5.74) is 0. The first-order valence-electron chi connectivity index (χ1n) is 5.99. The minimum Gasteiger partial charge on any atom is -0.496 e. The molecule has 1 heterocycles. The summed E-state index contributed by atoms with van der Waals surface area (Å²) in [6, 6.07) is 6.00. The van der Waals surface area contributed by atoms with Crippen molar-refractivity contribution in [2.45, 2.75) is 6.04 Å². The zero-order chi connectivity index (χ0) is 12.8. The molecule has 4 nitrogen and oxygen atoms in total. The van der Waals surface area contributed by atoms with Crippen molar-refractivity contribution in [1.29, 1.82) is 0 Å². The lowest BCUT2D eigenvalue weighted by molar-refractivity contribution is 0.272. The van der Waals surface area contributed by atoms with Crippen molar-refractivity contribution in [1.82, 2.24) is 5.32 Å². The average molecular weight is 269 g/mol. The molecule has 1 unspecified atom stereocenters. The van der Waals surface area contributed by atoms with Crippen molar-refractivity contribution >= 4 is 11.8 Å². The Bertz CT molecular complexity index is 358. The zero-order valence-corrected chi connectivity index (χ0v) is 11.6. The normalized spacial score (nSPS) is 19.3. The highest BCUT2D eigenvalue weighted by atomic mass is 32.2. The van der Waals surface area contributed by atoms with Crippen LogP contribution in [-0.4, -0.2) is 44.9 Å². The maximum Gasteiger partial charge on any atom is 0.126 e. The van der Waals surface area contributed by atoms with Crippen LogP contribution in [0.15, 0.2) is 18.2 Å². The van der Waals surface area contributed by atoms with E-state index in [1.807, 2.05) is 30.0 Å². The molecular weight excluding hydrogens is 250 g/mol. The van der Waals surface area contributed by atoms with Gasteiger partial charge in [-0.05, 0) is 0 Å². The van der Waals surface area contributed by atoms with Gasteiger partial charge in [-0.25, -0.2) is 0 Å². The molecule has 1 fully saturated rings. The van der Waals surface area contributed by atoms with Gasteiger partial charge in [0.1, 0.15) is 23.9 Å². The second-order valence-corrected chi connectivity index (χ2v) is 5.24. The Labute approximate surface area is 112 Å². The summed E-state index contributed by atoms with van der Waals surface area (Å²) < 4.78 is 16.2. The number of nitrogens with one attached hydrogen (secondary N) is 1. The quantitative estimate of drug-likeness (QED) is 0.882. The van der Waals surface area contributed by atoms with Crippen LogP contribution in [0.4, 0.5) is 0 Å². The molecule has 0 aliphatic carbocycles. The molecule has 1 aliphatic rings. The Hall–Kier alpha value is -1.07.